The van der Waals surface area contributed by atoms with Crippen molar-refractivity contribution in [3.63, 3.8) is 0 Å². The number of hydrogen-bond donors (Lipinski definition) is 1. The Bertz CT molecular complexity index is 559. The SMILES string of the molecule is CCCC[P](CCCC)(CCCC)CCCC.Cc1ccc(S(=O)(=O)O)cc1. The predicted molar refractivity (Wildman–Crippen MR) is 127 cm³/mol. The van der Waals surface area contributed by atoms with Crippen LogP contribution in [0.5, 0.6) is 0 Å². The molecule has 0 spiro atoms. The van der Waals surface area contributed by atoms with Crippen LogP contribution >= 0.6 is 7.26 Å². The Hall–Kier alpha value is -0.440. The van der Waals surface area contributed by atoms with Gasteiger partial charge in [0.05, 0.1) is 4.90 Å². The third-order valence-electron chi connectivity index (χ3n) is 5.26. The van der Waals surface area contributed by atoms with Crippen molar-refractivity contribution in [1.82, 2.24) is 0 Å². The van der Waals surface area contributed by atoms with Crippen LogP contribution in [0.25, 0.3) is 0 Å². The fraction of sp³-hybridized carbons (Fsp3) is 0.739. The number of benzene rings is 1. The van der Waals surface area contributed by atoms with Crippen molar-refractivity contribution in [3.05, 3.63) is 29.8 Å². The zero-order valence-electron chi connectivity index (χ0n) is 18.9. The maximum absolute atomic E-state index is 10.5. The topological polar surface area (TPSA) is 54.4 Å². The van der Waals surface area contributed by atoms with E-state index in [9.17, 15) is 8.42 Å². The monoisotopic (exact) mass is 431 g/mol. The Kier molecular flexibility index (Phi) is 15.2. The molecule has 1 aromatic rings. The first kappa shape index (κ1) is 27.6. The third-order valence-corrected chi connectivity index (χ3v) is 11.2. The molecule has 0 unspecified atom stereocenters. The van der Waals surface area contributed by atoms with Crippen LogP contribution in [-0.4, -0.2) is 37.6 Å². The van der Waals surface area contributed by atoms with Gasteiger partial charge in [-0.15, -0.1) is 7.26 Å². The molecule has 0 heterocycles. The molecule has 28 heavy (non-hydrogen) atoms. The summed E-state index contributed by atoms with van der Waals surface area (Å²) in [6, 6.07) is 5.99. The van der Waals surface area contributed by atoms with E-state index in [1.54, 1.807) is 36.8 Å². The minimum atomic E-state index is -4.02. The lowest BCUT2D eigenvalue weighted by molar-refractivity contribution is 0.483. The second-order valence-electron chi connectivity index (χ2n) is 7.94. The van der Waals surface area contributed by atoms with Gasteiger partial charge >= 0.3 is 0 Å². The first-order chi connectivity index (χ1) is 13.2. The molecule has 0 saturated carbocycles. The largest absolute Gasteiger partial charge is 0.294 e. The van der Waals surface area contributed by atoms with Crippen LogP contribution in [0.15, 0.2) is 29.2 Å². The first-order valence-electron chi connectivity index (χ1n) is 11.1. The Morgan fingerprint density at radius 3 is 1.29 bits per heavy atom. The van der Waals surface area contributed by atoms with E-state index in [1.807, 2.05) is 6.92 Å². The lowest BCUT2D eigenvalue weighted by Gasteiger charge is -2.37. The minimum absolute atomic E-state index is 0.0666. The Labute approximate surface area is 175 Å². The summed E-state index contributed by atoms with van der Waals surface area (Å²) in [5.41, 5.74) is 0.956. The molecular weight excluding hydrogens is 387 g/mol. The predicted octanol–water partition coefficient (Wildman–Crippen LogP) is 7.45. The molecule has 0 fully saturated rings. The standard InChI is InChI=1S/C16H36P.C7H8O3S/c1-5-9-13-17(14-10-6-2,15-11-7-3)16-12-8-4;1-6-2-4-7(5-3-6)11(8,9)10/h5-16H2,1-4H3;2-5H,1H3,(H,8,9,10). The molecule has 0 atom stereocenters. The summed E-state index contributed by atoms with van der Waals surface area (Å²) < 4.78 is 29.6. The van der Waals surface area contributed by atoms with Gasteiger partial charge in [0.2, 0.25) is 0 Å². The van der Waals surface area contributed by atoms with Crippen LogP contribution in [0, 0.1) is 6.92 Å². The van der Waals surface area contributed by atoms with Gasteiger partial charge in [-0.3, -0.25) is 4.55 Å². The molecule has 3 nitrogen and oxygen atoms in total. The number of hydrogen-bond acceptors (Lipinski definition) is 2. The van der Waals surface area contributed by atoms with Crippen molar-refractivity contribution < 1.29 is 13.0 Å². The lowest BCUT2D eigenvalue weighted by Crippen LogP contribution is -2.12. The zero-order chi connectivity index (χ0) is 21.5. The van der Waals surface area contributed by atoms with Crippen LogP contribution in [-0.2, 0) is 10.1 Å². The highest BCUT2D eigenvalue weighted by molar-refractivity contribution is 7.85. The van der Waals surface area contributed by atoms with Crippen LogP contribution in [0.4, 0.5) is 0 Å². The van der Waals surface area contributed by atoms with Gasteiger partial charge in [0, 0.05) is 0 Å². The normalized spacial score (nSPS) is 11.8. The minimum Gasteiger partial charge on any atom is -0.282 e. The van der Waals surface area contributed by atoms with E-state index < -0.39 is 17.4 Å². The van der Waals surface area contributed by atoms with Crippen molar-refractivity contribution in [2.75, 3.05) is 24.6 Å². The molecule has 0 aliphatic heterocycles. The molecule has 0 aliphatic carbocycles. The third kappa shape index (κ3) is 12.2. The molecular formula is C23H44O3PS. The van der Waals surface area contributed by atoms with Crippen LogP contribution in [0.1, 0.15) is 84.6 Å². The van der Waals surface area contributed by atoms with E-state index in [2.05, 4.69) is 27.7 Å². The van der Waals surface area contributed by atoms with E-state index in [0.717, 1.165) is 5.56 Å². The summed E-state index contributed by atoms with van der Waals surface area (Å²) in [5.74, 6) is 0. The average molecular weight is 432 g/mol. The van der Waals surface area contributed by atoms with Crippen molar-refractivity contribution in [2.24, 2.45) is 0 Å². The Balaban J connectivity index is 0.000000567. The molecule has 0 aliphatic rings. The van der Waals surface area contributed by atoms with E-state index in [-0.39, 0.29) is 4.90 Å². The van der Waals surface area contributed by atoms with Gasteiger partial charge in [-0.2, -0.15) is 8.42 Å². The molecule has 0 aromatic heterocycles. The number of rotatable bonds is 13. The van der Waals surface area contributed by atoms with Crippen molar-refractivity contribution >= 4 is 17.4 Å². The Morgan fingerprint density at radius 2 is 1.04 bits per heavy atom. The molecule has 1 aromatic carbocycles. The summed E-state index contributed by atoms with van der Waals surface area (Å²) in [5, 5.41) is 0. The molecule has 1 N–H and O–H groups in total. The fourth-order valence-corrected chi connectivity index (χ4v) is 9.13. The van der Waals surface area contributed by atoms with Crippen molar-refractivity contribution in [1.29, 1.82) is 0 Å². The first-order valence-corrected chi connectivity index (χ1v) is 15.1. The average Bonchev–Trinajstić information content (AvgIpc) is 2.67. The molecule has 1 rings (SSSR count). The highest BCUT2D eigenvalue weighted by Gasteiger charge is 2.24. The smallest absolute Gasteiger partial charge is 0.282 e. The molecule has 0 bridgehead atoms. The summed E-state index contributed by atoms with van der Waals surface area (Å²) in [4.78, 5) is -0.0666. The maximum Gasteiger partial charge on any atom is 0.294 e. The second-order valence-corrected chi connectivity index (χ2v) is 13.8. The van der Waals surface area contributed by atoms with E-state index >= 15 is 0 Å². The summed E-state index contributed by atoms with van der Waals surface area (Å²) in [7, 11) is -4.58. The van der Waals surface area contributed by atoms with Crippen LogP contribution < -0.4 is 0 Å². The summed E-state index contributed by atoms with van der Waals surface area (Å²) in [6.07, 6.45) is 17.9. The van der Waals surface area contributed by atoms with Crippen molar-refractivity contribution in [2.45, 2.75) is 90.9 Å². The van der Waals surface area contributed by atoms with Crippen molar-refractivity contribution in [3.8, 4) is 0 Å². The van der Waals surface area contributed by atoms with Gasteiger partial charge in [0.15, 0.2) is 0 Å². The van der Waals surface area contributed by atoms with E-state index in [0.29, 0.717) is 0 Å². The number of aryl methyl sites for hydroxylation is 1. The summed E-state index contributed by atoms with van der Waals surface area (Å²) in [6.45, 7) is 11.3. The van der Waals surface area contributed by atoms with E-state index in [1.165, 1.54) is 63.5 Å². The molecule has 165 valence electrons. The number of unbranched alkanes of at least 4 members (excludes halogenated alkanes) is 4. The fourth-order valence-electron chi connectivity index (χ4n) is 3.36. The van der Waals surface area contributed by atoms with Gasteiger partial charge in [-0.25, -0.2) is 0 Å². The quantitative estimate of drug-likeness (QED) is 0.261. The molecule has 0 saturated heterocycles. The maximum atomic E-state index is 10.5. The van der Waals surface area contributed by atoms with Gasteiger partial charge in [0.1, 0.15) is 0 Å². The highest BCUT2D eigenvalue weighted by Crippen LogP contribution is 2.61. The van der Waals surface area contributed by atoms with Gasteiger partial charge in [0.25, 0.3) is 10.1 Å². The molecule has 5 heteroatoms. The summed E-state index contributed by atoms with van der Waals surface area (Å²) >= 11 is 0. The zero-order valence-corrected chi connectivity index (χ0v) is 20.6. The lowest BCUT2D eigenvalue weighted by atomic mass is 10.2. The van der Waals surface area contributed by atoms with Crippen LogP contribution in [0.2, 0.25) is 0 Å². The molecule has 0 amide bonds. The highest BCUT2D eigenvalue weighted by atomic mass is 32.2. The van der Waals surface area contributed by atoms with Crippen LogP contribution in [0.3, 0.4) is 0 Å². The Morgan fingerprint density at radius 1 is 0.714 bits per heavy atom. The van der Waals surface area contributed by atoms with Gasteiger partial charge < -0.3 is 0 Å². The van der Waals surface area contributed by atoms with E-state index in [4.69, 9.17) is 4.55 Å². The van der Waals surface area contributed by atoms with Gasteiger partial charge in [-0.1, -0.05) is 71.1 Å². The van der Waals surface area contributed by atoms with Gasteiger partial charge in [-0.05, 0) is 69.4 Å². The molecule has 1 radical (unpaired) electrons. The second kappa shape index (κ2) is 15.4.